The number of hydrogen-bond donors (Lipinski definition) is 1. The standard InChI is InChI=1S/C22H26N2O3/c1-14-9-17(12-24(2)22(14)26)16-10-15-7-8-20(25)23-21(15)18(11-16)13-27-19-5-3-4-6-19/h9-12,19H,3-8,13H2,1-2H3,(H,23,25). The van der Waals surface area contributed by atoms with E-state index in [1.54, 1.807) is 11.6 Å². The average molecular weight is 366 g/mol. The van der Waals surface area contributed by atoms with Gasteiger partial charge in [0.15, 0.2) is 0 Å². The Morgan fingerprint density at radius 1 is 1.11 bits per heavy atom. The molecule has 0 unspecified atom stereocenters. The van der Waals surface area contributed by atoms with E-state index < -0.39 is 0 Å². The van der Waals surface area contributed by atoms with Gasteiger partial charge in [-0.05, 0) is 61.1 Å². The summed E-state index contributed by atoms with van der Waals surface area (Å²) in [4.78, 5) is 24.0. The number of nitrogens with one attached hydrogen (secondary N) is 1. The van der Waals surface area contributed by atoms with Crippen molar-refractivity contribution in [3.8, 4) is 11.1 Å². The first-order valence-corrected chi connectivity index (χ1v) is 9.76. The Bertz CT molecular complexity index is 913. The minimum atomic E-state index is 0.0220. The van der Waals surface area contributed by atoms with Crippen LogP contribution in [0.2, 0.25) is 0 Å². The summed E-state index contributed by atoms with van der Waals surface area (Å²) in [6.07, 6.45) is 8.14. The maximum atomic E-state index is 12.0. The summed E-state index contributed by atoms with van der Waals surface area (Å²) in [5.41, 5.74) is 5.90. The zero-order valence-electron chi connectivity index (χ0n) is 16.0. The van der Waals surface area contributed by atoms with Crippen LogP contribution in [-0.2, 0) is 29.6 Å². The van der Waals surface area contributed by atoms with Gasteiger partial charge in [-0.15, -0.1) is 0 Å². The van der Waals surface area contributed by atoms with E-state index in [1.807, 2.05) is 19.2 Å². The maximum absolute atomic E-state index is 12.0. The van der Waals surface area contributed by atoms with Crippen molar-refractivity contribution in [1.29, 1.82) is 0 Å². The molecule has 1 saturated carbocycles. The fraction of sp³-hybridized carbons (Fsp3) is 0.455. The molecule has 5 nitrogen and oxygen atoms in total. The monoisotopic (exact) mass is 366 g/mol. The predicted octanol–water partition coefficient (Wildman–Crippen LogP) is 3.70. The molecule has 4 rings (SSSR count). The van der Waals surface area contributed by atoms with Crippen molar-refractivity contribution in [2.45, 2.75) is 58.2 Å². The van der Waals surface area contributed by atoms with Crippen molar-refractivity contribution in [2.75, 3.05) is 5.32 Å². The van der Waals surface area contributed by atoms with E-state index in [1.165, 1.54) is 12.8 Å². The molecule has 1 N–H and O–H groups in total. The number of benzene rings is 1. The van der Waals surface area contributed by atoms with Crippen LogP contribution in [0.3, 0.4) is 0 Å². The molecule has 27 heavy (non-hydrogen) atoms. The third-order valence-corrected chi connectivity index (χ3v) is 5.66. The van der Waals surface area contributed by atoms with E-state index in [9.17, 15) is 9.59 Å². The number of anilines is 1. The van der Waals surface area contributed by atoms with Crippen LogP contribution >= 0.6 is 0 Å². The first-order chi connectivity index (χ1) is 13.0. The van der Waals surface area contributed by atoms with Gasteiger partial charge in [0.05, 0.1) is 12.7 Å². The lowest BCUT2D eigenvalue weighted by Gasteiger charge is -2.23. The molecule has 5 heteroatoms. The molecule has 1 aliphatic heterocycles. The van der Waals surface area contributed by atoms with Gasteiger partial charge in [-0.2, -0.15) is 0 Å². The number of aromatic nitrogens is 1. The van der Waals surface area contributed by atoms with Gasteiger partial charge in [-0.1, -0.05) is 12.8 Å². The van der Waals surface area contributed by atoms with E-state index >= 15 is 0 Å². The molecule has 1 aromatic heterocycles. The number of hydrogen-bond acceptors (Lipinski definition) is 3. The van der Waals surface area contributed by atoms with Crippen LogP contribution in [0.5, 0.6) is 0 Å². The topological polar surface area (TPSA) is 60.3 Å². The van der Waals surface area contributed by atoms with Crippen LogP contribution in [-0.4, -0.2) is 16.6 Å². The number of carbonyl (C=O) groups is 1. The molecule has 1 aliphatic carbocycles. The van der Waals surface area contributed by atoms with Crippen LogP contribution in [0, 0.1) is 6.92 Å². The van der Waals surface area contributed by atoms with Crippen LogP contribution < -0.4 is 10.9 Å². The minimum Gasteiger partial charge on any atom is -0.373 e. The quantitative estimate of drug-likeness (QED) is 0.897. The molecule has 1 fully saturated rings. The van der Waals surface area contributed by atoms with Crippen molar-refractivity contribution in [3.63, 3.8) is 0 Å². The smallest absolute Gasteiger partial charge is 0.253 e. The maximum Gasteiger partial charge on any atom is 0.253 e. The average Bonchev–Trinajstić information content (AvgIpc) is 3.17. The molecule has 0 bridgehead atoms. The summed E-state index contributed by atoms with van der Waals surface area (Å²) in [7, 11) is 1.78. The molecule has 0 atom stereocenters. The number of ether oxygens (including phenoxy) is 1. The lowest BCUT2D eigenvalue weighted by Crippen LogP contribution is -2.21. The van der Waals surface area contributed by atoms with E-state index in [4.69, 9.17) is 4.74 Å². The fourth-order valence-electron chi connectivity index (χ4n) is 4.15. The molecule has 0 spiro atoms. The van der Waals surface area contributed by atoms with E-state index in [2.05, 4.69) is 17.4 Å². The zero-order chi connectivity index (χ0) is 19.0. The molecule has 2 aliphatic rings. The van der Waals surface area contributed by atoms with Gasteiger partial charge >= 0.3 is 0 Å². The summed E-state index contributed by atoms with van der Waals surface area (Å²) in [6.45, 7) is 2.35. The Labute approximate surface area is 159 Å². The van der Waals surface area contributed by atoms with Gasteiger partial charge < -0.3 is 14.6 Å². The van der Waals surface area contributed by atoms with Gasteiger partial charge in [0.25, 0.3) is 5.56 Å². The highest BCUT2D eigenvalue weighted by Gasteiger charge is 2.22. The summed E-state index contributed by atoms with van der Waals surface area (Å²) in [6, 6.07) is 6.17. The number of aryl methyl sites for hydroxylation is 3. The minimum absolute atomic E-state index is 0.0220. The summed E-state index contributed by atoms with van der Waals surface area (Å²) in [5, 5.41) is 3.04. The second-order valence-corrected chi connectivity index (χ2v) is 7.76. The Hall–Kier alpha value is -2.40. The number of fused-ring (bicyclic) bond motifs is 1. The van der Waals surface area contributed by atoms with Crippen LogP contribution in [0.15, 0.2) is 29.2 Å². The molecule has 0 saturated heterocycles. The van der Waals surface area contributed by atoms with Crippen LogP contribution in [0.1, 0.15) is 48.8 Å². The molecule has 0 radical (unpaired) electrons. The van der Waals surface area contributed by atoms with E-state index in [-0.39, 0.29) is 11.5 Å². The Morgan fingerprint density at radius 2 is 1.89 bits per heavy atom. The van der Waals surface area contributed by atoms with Gasteiger partial charge in [0, 0.05) is 36.5 Å². The summed E-state index contributed by atoms with van der Waals surface area (Å²) >= 11 is 0. The highest BCUT2D eigenvalue weighted by atomic mass is 16.5. The fourth-order valence-corrected chi connectivity index (χ4v) is 4.15. The third-order valence-electron chi connectivity index (χ3n) is 5.66. The Balaban J connectivity index is 1.73. The highest BCUT2D eigenvalue weighted by molar-refractivity contribution is 5.95. The first kappa shape index (κ1) is 18.0. The largest absolute Gasteiger partial charge is 0.373 e. The van der Waals surface area contributed by atoms with Crippen molar-refractivity contribution in [3.05, 3.63) is 51.4 Å². The lowest BCUT2D eigenvalue weighted by atomic mass is 9.93. The number of nitrogens with zero attached hydrogens (tertiary/aromatic N) is 1. The predicted molar refractivity (Wildman–Crippen MR) is 106 cm³/mol. The van der Waals surface area contributed by atoms with E-state index in [0.717, 1.165) is 52.8 Å². The number of amides is 1. The lowest BCUT2D eigenvalue weighted by molar-refractivity contribution is -0.116. The first-order valence-electron chi connectivity index (χ1n) is 9.76. The molecular formula is C22H26N2O3. The van der Waals surface area contributed by atoms with Crippen LogP contribution in [0.4, 0.5) is 5.69 Å². The Kier molecular flexibility index (Phi) is 4.87. The summed E-state index contributed by atoms with van der Waals surface area (Å²) < 4.78 is 7.77. The second-order valence-electron chi connectivity index (χ2n) is 7.76. The molecular weight excluding hydrogens is 340 g/mol. The van der Waals surface area contributed by atoms with Crippen molar-refractivity contribution < 1.29 is 9.53 Å². The van der Waals surface area contributed by atoms with Gasteiger partial charge in [0.2, 0.25) is 5.91 Å². The molecule has 2 aromatic rings. The van der Waals surface area contributed by atoms with Crippen molar-refractivity contribution >= 4 is 11.6 Å². The molecule has 2 heterocycles. The molecule has 142 valence electrons. The third kappa shape index (κ3) is 3.69. The van der Waals surface area contributed by atoms with Crippen molar-refractivity contribution in [2.24, 2.45) is 7.05 Å². The number of carbonyl (C=O) groups excluding carboxylic acids is 1. The van der Waals surface area contributed by atoms with Gasteiger partial charge in [-0.3, -0.25) is 9.59 Å². The van der Waals surface area contributed by atoms with Gasteiger partial charge in [-0.25, -0.2) is 0 Å². The second kappa shape index (κ2) is 7.31. The summed E-state index contributed by atoms with van der Waals surface area (Å²) in [5.74, 6) is 0.0651. The number of rotatable bonds is 4. The molecule has 1 aromatic carbocycles. The molecule has 1 amide bonds. The van der Waals surface area contributed by atoms with E-state index in [0.29, 0.717) is 19.1 Å². The van der Waals surface area contributed by atoms with Crippen LogP contribution in [0.25, 0.3) is 11.1 Å². The normalized spacial score (nSPS) is 17.0. The highest BCUT2D eigenvalue weighted by Crippen LogP contribution is 2.34. The SMILES string of the molecule is Cc1cc(-c2cc3c(c(COC4CCCC4)c2)NC(=O)CC3)cn(C)c1=O. The van der Waals surface area contributed by atoms with Crippen molar-refractivity contribution in [1.82, 2.24) is 4.57 Å². The van der Waals surface area contributed by atoms with Gasteiger partial charge in [0.1, 0.15) is 0 Å². The number of pyridine rings is 1. The Morgan fingerprint density at radius 3 is 2.63 bits per heavy atom. The zero-order valence-corrected chi connectivity index (χ0v) is 16.0.